The lowest BCUT2D eigenvalue weighted by Gasteiger charge is -2.11. The van der Waals surface area contributed by atoms with Crippen LogP contribution in [0.2, 0.25) is 0 Å². The standard InChI is InChI=1S/C10H13BrN2O/c11-8-4-9(6-12-5-8)13-7-10-2-1-3-14-10/h4-6,10,13H,1-3,7H2. The third kappa shape index (κ3) is 2.69. The first-order chi connectivity index (χ1) is 6.84. The molecule has 1 N–H and O–H groups in total. The van der Waals surface area contributed by atoms with Crippen LogP contribution in [-0.4, -0.2) is 24.2 Å². The van der Waals surface area contributed by atoms with E-state index >= 15 is 0 Å². The number of hydrogen-bond acceptors (Lipinski definition) is 3. The molecule has 0 amide bonds. The molecule has 1 fully saturated rings. The van der Waals surface area contributed by atoms with Crippen molar-refractivity contribution >= 4 is 21.6 Å². The zero-order chi connectivity index (χ0) is 9.80. The highest BCUT2D eigenvalue weighted by molar-refractivity contribution is 9.10. The minimum Gasteiger partial charge on any atom is -0.381 e. The van der Waals surface area contributed by atoms with E-state index in [9.17, 15) is 0 Å². The molecule has 2 heterocycles. The number of halogens is 1. The number of nitrogens with zero attached hydrogens (tertiary/aromatic N) is 1. The summed E-state index contributed by atoms with van der Waals surface area (Å²) in [6.45, 7) is 1.78. The second-order valence-corrected chi connectivity index (χ2v) is 4.32. The normalized spacial score (nSPS) is 21.1. The van der Waals surface area contributed by atoms with Gasteiger partial charge < -0.3 is 10.1 Å². The summed E-state index contributed by atoms with van der Waals surface area (Å²) in [7, 11) is 0. The first-order valence-electron chi connectivity index (χ1n) is 4.80. The first kappa shape index (κ1) is 9.93. The Hall–Kier alpha value is -0.610. The lowest BCUT2D eigenvalue weighted by atomic mass is 10.2. The van der Waals surface area contributed by atoms with Gasteiger partial charge in [0.05, 0.1) is 18.0 Å². The Kier molecular flexibility index (Phi) is 3.37. The average Bonchev–Trinajstić information content (AvgIpc) is 2.67. The Bertz CT molecular complexity index is 300. The third-order valence-electron chi connectivity index (χ3n) is 2.26. The number of pyridine rings is 1. The molecule has 0 bridgehead atoms. The molecule has 3 nitrogen and oxygen atoms in total. The lowest BCUT2D eigenvalue weighted by molar-refractivity contribution is 0.120. The fourth-order valence-electron chi connectivity index (χ4n) is 1.55. The van der Waals surface area contributed by atoms with Crippen LogP contribution in [0.4, 0.5) is 5.69 Å². The van der Waals surface area contributed by atoms with Crippen molar-refractivity contribution in [3.05, 3.63) is 22.9 Å². The molecule has 4 heteroatoms. The number of ether oxygens (including phenoxy) is 1. The van der Waals surface area contributed by atoms with Crippen LogP contribution in [0.5, 0.6) is 0 Å². The van der Waals surface area contributed by atoms with Gasteiger partial charge in [-0.3, -0.25) is 4.98 Å². The van der Waals surface area contributed by atoms with Gasteiger partial charge in [0.25, 0.3) is 0 Å². The summed E-state index contributed by atoms with van der Waals surface area (Å²) >= 11 is 3.38. The molecule has 1 atom stereocenters. The SMILES string of the molecule is Brc1cncc(NCC2CCCO2)c1. The van der Waals surface area contributed by atoms with Crippen LogP contribution in [0.25, 0.3) is 0 Å². The number of hydrogen-bond donors (Lipinski definition) is 1. The van der Waals surface area contributed by atoms with Gasteiger partial charge in [-0.2, -0.15) is 0 Å². The van der Waals surface area contributed by atoms with Crippen LogP contribution < -0.4 is 5.32 Å². The molecule has 2 rings (SSSR count). The summed E-state index contributed by atoms with van der Waals surface area (Å²) in [5.41, 5.74) is 1.04. The minimum absolute atomic E-state index is 0.369. The van der Waals surface area contributed by atoms with E-state index in [1.165, 1.54) is 6.42 Å². The molecule has 76 valence electrons. The molecule has 1 aromatic rings. The van der Waals surface area contributed by atoms with Crippen molar-refractivity contribution in [3.8, 4) is 0 Å². The van der Waals surface area contributed by atoms with Gasteiger partial charge in [0.2, 0.25) is 0 Å². The maximum atomic E-state index is 5.51. The van der Waals surface area contributed by atoms with Crippen LogP contribution in [0.15, 0.2) is 22.9 Å². The molecular formula is C10H13BrN2O. The maximum Gasteiger partial charge on any atom is 0.0748 e. The van der Waals surface area contributed by atoms with Crippen molar-refractivity contribution in [2.24, 2.45) is 0 Å². The van der Waals surface area contributed by atoms with Crippen molar-refractivity contribution in [3.63, 3.8) is 0 Å². The topological polar surface area (TPSA) is 34.2 Å². The predicted molar refractivity (Wildman–Crippen MR) is 59.4 cm³/mol. The van der Waals surface area contributed by atoms with Gasteiger partial charge in [-0.25, -0.2) is 0 Å². The Morgan fingerprint density at radius 2 is 2.50 bits per heavy atom. The average molecular weight is 257 g/mol. The highest BCUT2D eigenvalue weighted by atomic mass is 79.9. The van der Waals surface area contributed by atoms with E-state index in [0.717, 1.165) is 29.7 Å². The van der Waals surface area contributed by atoms with E-state index in [-0.39, 0.29) is 0 Å². The molecule has 0 aliphatic carbocycles. The zero-order valence-corrected chi connectivity index (χ0v) is 9.46. The molecule has 0 saturated carbocycles. The Morgan fingerprint density at radius 1 is 1.57 bits per heavy atom. The van der Waals surface area contributed by atoms with Crippen molar-refractivity contribution in [2.75, 3.05) is 18.5 Å². The molecule has 1 aliphatic rings. The first-order valence-corrected chi connectivity index (χ1v) is 5.60. The largest absolute Gasteiger partial charge is 0.381 e. The number of nitrogens with one attached hydrogen (secondary N) is 1. The molecule has 14 heavy (non-hydrogen) atoms. The molecular weight excluding hydrogens is 244 g/mol. The molecule has 0 spiro atoms. The smallest absolute Gasteiger partial charge is 0.0748 e. The highest BCUT2D eigenvalue weighted by Gasteiger charge is 2.14. The summed E-state index contributed by atoms with van der Waals surface area (Å²) in [4.78, 5) is 4.08. The predicted octanol–water partition coefficient (Wildman–Crippen LogP) is 2.44. The van der Waals surface area contributed by atoms with Crippen LogP contribution in [0, 0.1) is 0 Å². The molecule has 0 radical (unpaired) electrons. The molecule has 1 saturated heterocycles. The lowest BCUT2D eigenvalue weighted by Crippen LogP contribution is -2.18. The van der Waals surface area contributed by atoms with Gasteiger partial charge in [-0.1, -0.05) is 0 Å². The molecule has 1 aliphatic heterocycles. The summed E-state index contributed by atoms with van der Waals surface area (Å²) in [5, 5.41) is 3.31. The van der Waals surface area contributed by atoms with Crippen LogP contribution in [0.3, 0.4) is 0 Å². The van der Waals surface area contributed by atoms with E-state index in [1.807, 2.05) is 12.3 Å². The van der Waals surface area contributed by atoms with Crippen LogP contribution in [0.1, 0.15) is 12.8 Å². The van der Waals surface area contributed by atoms with Crippen molar-refractivity contribution in [1.29, 1.82) is 0 Å². The molecule has 1 aromatic heterocycles. The van der Waals surface area contributed by atoms with E-state index in [2.05, 4.69) is 26.2 Å². The summed E-state index contributed by atoms with van der Waals surface area (Å²) in [6, 6.07) is 2.02. The van der Waals surface area contributed by atoms with E-state index in [1.54, 1.807) is 6.20 Å². The second-order valence-electron chi connectivity index (χ2n) is 3.41. The maximum absolute atomic E-state index is 5.51. The summed E-state index contributed by atoms with van der Waals surface area (Å²) in [5.74, 6) is 0. The van der Waals surface area contributed by atoms with Crippen molar-refractivity contribution in [2.45, 2.75) is 18.9 Å². The fraction of sp³-hybridized carbons (Fsp3) is 0.500. The van der Waals surface area contributed by atoms with Crippen LogP contribution in [-0.2, 0) is 4.74 Å². The Balaban J connectivity index is 1.85. The number of anilines is 1. The zero-order valence-electron chi connectivity index (χ0n) is 7.87. The highest BCUT2D eigenvalue weighted by Crippen LogP contribution is 2.16. The van der Waals surface area contributed by atoms with Gasteiger partial charge >= 0.3 is 0 Å². The quantitative estimate of drug-likeness (QED) is 0.903. The minimum atomic E-state index is 0.369. The van der Waals surface area contributed by atoms with Gasteiger partial charge in [0.1, 0.15) is 0 Å². The Morgan fingerprint density at radius 3 is 3.21 bits per heavy atom. The van der Waals surface area contributed by atoms with Gasteiger partial charge in [-0.15, -0.1) is 0 Å². The Labute approximate surface area is 92.0 Å². The van der Waals surface area contributed by atoms with E-state index in [4.69, 9.17) is 4.74 Å². The van der Waals surface area contributed by atoms with Gasteiger partial charge in [0.15, 0.2) is 0 Å². The van der Waals surface area contributed by atoms with Crippen LogP contribution >= 0.6 is 15.9 Å². The second kappa shape index (κ2) is 4.75. The van der Waals surface area contributed by atoms with Gasteiger partial charge in [-0.05, 0) is 34.8 Å². The monoisotopic (exact) mass is 256 g/mol. The van der Waals surface area contributed by atoms with E-state index in [0.29, 0.717) is 6.10 Å². The van der Waals surface area contributed by atoms with Crippen molar-refractivity contribution < 1.29 is 4.74 Å². The molecule has 0 aromatic carbocycles. The summed E-state index contributed by atoms with van der Waals surface area (Å²) < 4.78 is 6.51. The third-order valence-corrected chi connectivity index (χ3v) is 2.70. The number of aromatic nitrogens is 1. The fourth-order valence-corrected chi connectivity index (χ4v) is 1.91. The summed E-state index contributed by atoms with van der Waals surface area (Å²) in [6.07, 6.45) is 6.31. The van der Waals surface area contributed by atoms with Gasteiger partial charge in [0, 0.05) is 23.8 Å². The van der Waals surface area contributed by atoms with E-state index < -0.39 is 0 Å². The van der Waals surface area contributed by atoms with Crippen molar-refractivity contribution in [1.82, 2.24) is 4.98 Å². The molecule has 1 unspecified atom stereocenters. The number of rotatable bonds is 3.